The number of carboxylic acids is 1. The van der Waals surface area contributed by atoms with E-state index in [1.165, 1.54) is 5.57 Å². The molecule has 1 fully saturated rings. The van der Waals surface area contributed by atoms with Crippen LogP contribution in [-0.4, -0.2) is 35.6 Å². The van der Waals surface area contributed by atoms with Crippen molar-refractivity contribution in [2.45, 2.75) is 25.3 Å². The third-order valence-electron chi connectivity index (χ3n) is 3.00. The second kappa shape index (κ2) is 3.58. The average Bonchev–Trinajstić information content (AvgIpc) is 2.17. The Labute approximate surface area is 83.7 Å². The summed E-state index contributed by atoms with van der Waals surface area (Å²) in [5.74, 6) is -0.730. The Bertz CT molecular complexity index is 317. The number of rotatable bonds is 1. The van der Waals surface area contributed by atoms with Gasteiger partial charge in [-0.25, -0.2) is 0 Å². The number of aliphatic carboxylic acids is 1. The number of fused-ring (bicyclic) bond motifs is 1. The fourth-order valence-corrected chi connectivity index (χ4v) is 2.26. The normalized spacial score (nSPS) is 27.6. The number of carboxylic acid groups (broad SMARTS) is 1. The van der Waals surface area contributed by atoms with Crippen LogP contribution >= 0.6 is 0 Å². The van der Waals surface area contributed by atoms with Gasteiger partial charge in [0.15, 0.2) is 0 Å². The fraction of sp³-hybridized carbons (Fsp3) is 0.545. The molecule has 0 radical (unpaired) electrons. The number of hydrogen-bond donors (Lipinski definition) is 1. The highest BCUT2D eigenvalue weighted by atomic mass is 16.4. The van der Waals surface area contributed by atoms with E-state index >= 15 is 0 Å². The molecular weight excluding hydrogens is 178 g/mol. The minimum Gasteiger partial charge on any atom is -0.480 e. The molecule has 0 spiro atoms. The standard InChI is InChI=1S/C11H15NO2/c1-12-7-6-8-4-2-3-5-9(8)10(12)11(13)14/h4-5,10H,2-3,6-7H2,1H3,(H,13,14). The first kappa shape index (κ1) is 9.46. The smallest absolute Gasteiger partial charge is 0.325 e. The van der Waals surface area contributed by atoms with Gasteiger partial charge in [-0.2, -0.15) is 0 Å². The zero-order valence-corrected chi connectivity index (χ0v) is 8.36. The summed E-state index contributed by atoms with van der Waals surface area (Å²) in [6.07, 6.45) is 7.32. The molecule has 0 aromatic carbocycles. The zero-order valence-electron chi connectivity index (χ0n) is 8.36. The van der Waals surface area contributed by atoms with Gasteiger partial charge in [-0.1, -0.05) is 12.2 Å². The van der Waals surface area contributed by atoms with Crippen molar-refractivity contribution in [2.24, 2.45) is 0 Å². The second-order valence-electron chi connectivity index (χ2n) is 3.94. The molecule has 1 heterocycles. The summed E-state index contributed by atoms with van der Waals surface area (Å²) in [4.78, 5) is 13.0. The van der Waals surface area contributed by atoms with Crippen LogP contribution in [0.4, 0.5) is 0 Å². The van der Waals surface area contributed by atoms with E-state index in [-0.39, 0.29) is 0 Å². The van der Waals surface area contributed by atoms with Crippen LogP contribution in [0.1, 0.15) is 19.3 Å². The first-order valence-electron chi connectivity index (χ1n) is 5.02. The summed E-state index contributed by atoms with van der Waals surface area (Å²) in [6.45, 7) is 0.847. The molecule has 3 heteroatoms. The molecule has 0 bridgehead atoms. The van der Waals surface area contributed by atoms with Gasteiger partial charge in [0.2, 0.25) is 0 Å². The van der Waals surface area contributed by atoms with Gasteiger partial charge in [-0.05, 0) is 37.5 Å². The van der Waals surface area contributed by atoms with Crippen LogP contribution in [0, 0.1) is 0 Å². The van der Waals surface area contributed by atoms with Gasteiger partial charge in [-0.3, -0.25) is 9.69 Å². The molecular formula is C11H15NO2. The minimum atomic E-state index is -0.730. The number of likely N-dealkylation sites (tertiary alicyclic amines) is 1. The highest BCUT2D eigenvalue weighted by Gasteiger charge is 2.32. The summed E-state index contributed by atoms with van der Waals surface area (Å²) in [6, 6.07) is -0.421. The molecule has 2 aliphatic rings. The van der Waals surface area contributed by atoms with Crippen LogP contribution in [0.5, 0.6) is 0 Å². The zero-order chi connectivity index (χ0) is 10.1. The molecule has 0 amide bonds. The SMILES string of the molecule is CN1CCC2=CCCC=C2C1C(=O)O. The molecule has 3 nitrogen and oxygen atoms in total. The summed E-state index contributed by atoms with van der Waals surface area (Å²) in [5.41, 5.74) is 2.28. The predicted molar refractivity (Wildman–Crippen MR) is 54.1 cm³/mol. The fourth-order valence-electron chi connectivity index (χ4n) is 2.26. The lowest BCUT2D eigenvalue weighted by atomic mass is 9.86. The van der Waals surface area contributed by atoms with E-state index in [9.17, 15) is 4.79 Å². The number of nitrogens with zero attached hydrogens (tertiary/aromatic N) is 1. The van der Waals surface area contributed by atoms with Gasteiger partial charge >= 0.3 is 5.97 Å². The highest BCUT2D eigenvalue weighted by molar-refractivity contribution is 5.80. The summed E-state index contributed by atoms with van der Waals surface area (Å²) in [7, 11) is 1.88. The molecule has 14 heavy (non-hydrogen) atoms. The molecule has 1 N–H and O–H groups in total. The second-order valence-corrected chi connectivity index (χ2v) is 3.94. The van der Waals surface area contributed by atoms with Gasteiger partial charge in [-0.15, -0.1) is 0 Å². The van der Waals surface area contributed by atoms with Crippen LogP contribution < -0.4 is 0 Å². The minimum absolute atomic E-state index is 0.421. The summed E-state index contributed by atoms with van der Waals surface area (Å²) >= 11 is 0. The topological polar surface area (TPSA) is 40.5 Å². The average molecular weight is 193 g/mol. The highest BCUT2D eigenvalue weighted by Crippen LogP contribution is 2.31. The number of allylic oxidation sites excluding steroid dienone is 2. The van der Waals surface area contributed by atoms with Crippen LogP contribution in [0.2, 0.25) is 0 Å². The number of likely N-dealkylation sites (N-methyl/N-ethyl adjacent to an activating group) is 1. The van der Waals surface area contributed by atoms with Gasteiger partial charge in [0.1, 0.15) is 6.04 Å². The Morgan fingerprint density at radius 3 is 2.93 bits per heavy atom. The van der Waals surface area contributed by atoms with E-state index in [0.717, 1.165) is 31.4 Å². The van der Waals surface area contributed by atoms with Crippen molar-refractivity contribution in [2.75, 3.05) is 13.6 Å². The van der Waals surface area contributed by atoms with Gasteiger partial charge in [0, 0.05) is 6.54 Å². The Hall–Kier alpha value is -1.09. The molecule has 1 aliphatic heterocycles. The quantitative estimate of drug-likeness (QED) is 0.684. The van der Waals surface area contributed by atoms with Crippen LogP contribution in [0.25, 0.3) is 0 Å². The Morgan fingerprint density at radius 1 is 1.50 bits per heavy atom. The van der Waals surface area contributed by atoms with Crippen molar-refractivity contribution >= 4 is 5.97 Å². The maximum Gasteiger partial charge on any atom is 0.325 e. The van der Waals surface area contributed by atoms with Gasteiger partial charge < -0.3 is 5.11 Å². The van der Waals surface area contributed by atoms with Crippen LogP contribution in [-0.2, 0) is 4.79 Å². The third-order valence-corrected chi connectivity index (χ3v) is 3.00. The van der Waals surface area contributed by atoms with Crippen molar-refractivity contribution in [3.8, 4) is 0 Å². The number of piperidine rings is 1. The third kappa shape index (κ3) is 1.48. The van der Waals surface area contributed by atoms with Gasteiger partial charge in [0.25, 0.3) is 0 Å². The van der Waals surface area contributed by atoms with E-state index in [4.69, 9.17) is 5.11 Å². The monoisotopic (exact) mass is 193 g/mol. The Kier molecular flexibility index (Phi) is 2.42. The lowest BCUT2D eigenvalue weighted by Gasteiger charge is -2.35. The molecule has 0 aromatic rings. The Morgan fingerprint density at radius 2 is 2.21 bits per heavy atom. The lowest BCUT2D eigenvalue weighted by molar-refractivity contribution is -0.141. The van der Waals surface area contributed by atoms with E-state index < -0.39 is 12.0 Å². The first-order valence-corrected chi connectivity index (χ1v) is 5.02. The maximum atomic E-state index is 11.1. The Balaban J connectivity index is 2.32. The van der Waals surface area contributed by atoms with E-state index in [2.05, 4.69) is 12.2 Å². The molecule has 1 aliphatic carbocycles. The molecule has 1 saturated heterocycles. The lowest BCUT2D eigenvalue weighted by Crippen LogP contribution is -2.44. The summed E-state index contributed by atoms with van der Waals surface area (Å²) in [5, 5.41) is 9.14. The predicted octanol–water partition coefficient (Wildman–Crippen LogP) is 1.42. The van der Waals surface area contributed by atoms with Crippen molar-refractivity contribution in [3.63, 3.8) is 0 Å². The maximum absolute atomic E-state index is 11.1. The largest absolute Gasteiger partial charge is 0.480 e. The molecule has 1 atom stereocenters. The molecule has 1 unspecified atom stereocenters. The van der Waals surface area contributed by atoms with Crippen molar-refractivity contribution < 1.29 is 9.90 Å². The van der Waals surface area contributed by atoms with Crippen LogP contribution in [0.15, 0.2) is 23.3 Å². The molecule has 0 saturated carbocycles. The van der Waals surface area contributed by atoms with Gasteiger partial charge in [0.05, 0.1) is 0 Å². The van der Waals surface area contributed by atoms with Crippen molar-refractivity contribution in [1.82, 2.24) is 4.90 Å². The molecule has 0 aromatic heterocycles. The summed E-state index contributed by atoms with van der Waals surface area (Å²) < 4.78 is 0. The number of carbonyl (C=O) groups is 1. The van der Waals surface area contributed by atoms with Crippen molar-refractivity contribution in [3.05, 3.63) is 23.3 Å². The first-order chi connectivity index (χ1) is 6.70. The van der Waals surface area contributed by atoms with Crippen LogP contribution in [0.3, 0.4) is 0 Å². The van der Waals surface area contributed by atoms with E-state index in [1.807, 2.05) is 11.9 Å². The van der Waals surface area contributed by atoms with Crippen molar-refractivity contribution in [1.29, 1.82) is 0 Å². The van der Waals surface area contributed by atoms with E-state index in [1.54, 1.807) is 0 Å². The van der Waals surface area contributed by atoms with E-state index in [0.29, 0.717) is 0 Å². The number of hydrogen-bond acceptors (Lipinski definition) is 2. The molecule has 76 valence electrons. The molecule has 2 rings (SSSR count).